The first kappa shape index (κ1) is 17.1. The summed E-state index contributed by atoms with van der Waals surface area (Å²) < 4.78 is 6.49. The van der Waals surface area contributed by atoms with Crippen molar-refractivity contribution < 1.29 is 9.32 Å². The number of para-hydroxylation sites is 1. The minimum atomic E-state index is -0.0409. The van der Waals surface area contributed by atoms with E-state index in [1.807, 2.05) is 54.3 Å². The molecular formula is C21H18N4O2S. The molecule has 0 saturated carbocycles. The Morgan fingerprint density at radius 2 is 1.79 bits per heavy atom. The molecule has 1 aliphatic rings. The molecule has 7 heteroatoms. The molecule has 0 aliphatic carbocycles. The van der Waals surface area contributed by atoms with Gasteiger partial charge in [-0.1, -0.05) is 47.6 Å². The van der Waals surface area contributed by atoms with E-state index in [4.69, 9.17) is 4.52 Å². The molecule has 1 aliphatic heterocycles. The van der Waals surface area contributed by atoms with Gasteiger partial charge in [0.05, 0.1) is 16.1 Å². The van der Waals surface area contributed by atoms with E-state index in [1.165, 1.54) is 16.9 Å². The monoisotopic (exact) mass is 390 g/mol. The fourth-order valence-corrected chi connectivity index (χ4v) is 4.75. The molecule has 2 atom stereocenters. The summed E-state index contributed by atoms with van der Waals surface area (Å²) in [5.74, 6) is 1.24. The van der Waals surface area contributed by atoms with Crippen LogP contribution in [0.15, 0.2) is 59.1 Å². The molecular weight excluding hydrogens is 372 g/mol. The van der Waals surface area contributed by atoms with Crippen LogP contribution in [0.5, 0.6) is 0 Å². The van der Waals surface area contributed by atoms with Gasteiger partial charge in [-0.15, -0.1) is 11.3 Å². The number of thiazole rings is 1. The Bertz CT molecular complexity index is 1100. The third kappa shape index (κ3) is 2.97. The van der Waals surface area contributed by atoms with Gasteiger partial charge in [-0.2, -0.15) is 4.98 Å². The number of hydrogen-bond donors (Lipinski definition) is 0. The highest BCUT2D eigenvalue weighted by atomic mass is 32.1. The number of benzene rings is 2. The van der Waals surface area contributed by atoms with Gasteiger partial charge in [-0.3, -0.25) is 4.79 Å². The van der Waals surface area contributed by atoms with Gasteiger partial charge in [0.2, 0.25) is 5.89 Å². The average Bonchev–Trinajstić information content (AvgIpc) is 3.45. The van der Waals surface area contributed by atoms with Crippen LogP contribution in [0.2, 0.25) is 0 Å². The average molecular weight is 390 g/mol. The van der Waals surface area contributed by atoms with Gasteiger partial charge in [0, 0.05) is 19.0 Å². The molecule has 2 aromatic heterocycles. The lowest BCUT2D eigenvalue weighted by Gasteiger charge is -2.15. The molecule has 140 valence electrons. The smallest absolute Gasteiger partial charge is 0.282 e. The summed E-state index contributed by atoms with van der Waals surface area (Å²) in [5, 5.41) is 4.47. The molecule has 6 nitrogen and oxygen atoms in total. The molecule has 0 spiro atoms. The highest BCUT2D eigenvalue weighted by Gasteiger charge is 2.41. The summed E-state index contributed by atoms with van der Waals surface area (Å²) in [7, 11) is 0. The van der Waals surface area contributed by atoms with Crippen molar-refractivity contribution in [1.82, 2.24) is 20.0 Å². The minimum absolute atomic E-state index is 0.0260. The van der Waals surface area contributed by atoms with Crippen LogP contribution >= 0.6 is 11.3 Å². The zero-order chi connectivity index (χ0) is 19.1. The molecule has 28 heavy (non-hydrogen) atoms. The minimum Gasteiger partial charge on any atom is -0.339 e. The lowest BCUT2D eigenvalue weighted by Crippen LogP contribution is -2.28. The summed E-state index contributed by atoms with van der Waals surface area (Å²) in [6.07, 6.45) is 0. The van der Waals surface area contributed by atoms with Crippen molar-refractivity contribution in [3.8, 4) is 0 Å². The molecule has 1 saturated heterocycles. The fourth-order valence-electron chi connectivity index (χ4n) is 3.82. The summed E-state index contributed by atoms with van der Waals surface area (Å²) >= 11 is 1.44. The molecule has 4 aromatic rings. The van der Waals surface area contributed by atoms with Crippen molar-refractivity contribution in [2.24, 2.45) is 0 Å². The molecule has 5 rings (SSSR count). The Labute approximate surface area is 165 Å². The maximum absolute atomic E-state index is 13.2. The lowest BCUT2D eigenvalue weighted by atomic mass is 9.89. The van der Waals surface area contributed by atoms with Gasteiger partial charge < -0.3 is 9.42 Å². The molecule has 0 unspecified atom stereocenters. The molecule has 2 aromatic carbocycles. The van der Waals surface area contributed by atoms with Crippen LogP contribution in [0.25, 0.3) is 10.2 Å². The van der Waals surface area contributed by atoms with Crippen LogP contribution in [0.4, 0.5) is 0 Å². The van der Waals surface area contributed by atoms with E-state index in [0.29, 0.717) is 29.8 Å². The zero-order valence-electron chi connectivity index (χ0n) is 15.3. The predicted molar refractivity (Wildman–Crippen MR) is 106 cm³/mol. The zero-order valence-corrected chi connectivity index (χ0v) is 16.1. The second kappa shape index (κ2) is 6.83. The molecule has 1 amide bonds. The summed E-state index contributed by atoms with van der Waals surface area (Å²) in [5.41, 5.74) is 2.03. The Kier molecular flexibility index (Phi) is 4.16. The van der Waals surface area contributed by atoms with E-state index in [-0.39, 0.29) is 17.7 Å². The fraction of sp³-hybridized carbons (Fsp3) is 0.238. The van der Waals surface area contributed by atoms with E-state index in [9.17, 15) is 4.79 Å². The van der Waals surface area contributed by atoms with Crippen LogP contribution < -0.4 is 0 Å². The number of aryl methyl sites for hydroxylation is 1. The number of rotatable bonds is 3. The number of likely N-dealkylation sites (tertiary alicyclic amines) is 1. The third-order valence-corrected chi connectivity index (χ3v) is 6.20. The van der Waals surface area contributed by atoms with E-state index in [0.717, 1.165) is 10.2 Å². The first-order chi connectivity index (χ1) is 13.7. The van der Waals surface area contributed by atoms with Gasteiger partial charge in [0.1, 0.15) is 0 Å². The number of carbonyl (C=O) groups excluding carboxylic acids is 1. The SMILES string of the molecule is Cc1noc([C@@H]2CN(C(=O)c3nc4ccccc4s3)C[C@H]2c2ccccc2)n1. The van der Waals surface area contributed by atoms with Crippen LogP contribution in [-0.2, 0) is 0 Å². The molecule has 3 heterocycles. The standard InChI is InChI=1S/C21H18N4O2S/c1-13-22-19(27-24-13)16-12-25(11-15(16)14-7-3-2-4-8-14)21(26)20-23-17-9-5-6-10-18(17)28-20/h2-10,15-16H,11-12H2,1H3/t15-,16+/m0/s1. The second-order valence-corrected chi connectivity index (χ2v) is 8.03. The largest absolute Gasteiger partial charge is 0.339 e. The van der Waals surface area contributed by atoms with Crippen molar-refractivity contribution in [3.63, 3.8) is 0 Å². The van der Waals surface area contributed by atoms with Crippen molar-refractivity contribution in [2.75, 3.05) is 13.1 Å². The van der Waals surface area contributed by atoms with E-state index >= 15 is 0 Å². The van der Waals surface area contributed by atoms with Crippen molar-refractivity contribution in [3.05, 3.63) is 76.9 Å². The van der Waals surface area contributed by atoms with E-state index in [1.54, 1.807) is 0 Å². The van der Waals surface area contributed by atoms with Crippen LogP contribution in [0.1, 0.15) is 38.9 Å². The van der Waals surface area contributed by atoms with Crippen LogP contribution in [0.3, 0.4) is 0 Å². The highest BCUT2D eigenvalue weighted by molar-refractivity contribution is 7.20. The van der Waals surface area contributed by atoms with Crippen molar-refractivity contribution in [1.29, 1.82) is 0 Å². The number of amides is 1. The maximum atomic E-state index is 13.2. The Morgan fingerprint density at radius 3 is 2.54 bits per heavy atom. The second-order valence-electron chi connectivity index (χ2n) is 7.00. The van der Waals surface area contributed by atoms with Crippen LogP contribution in [0, 0.1) is 6.92 Å². The summed E-state index contributed by atoms with van der Waals surface area (Å²) in [4.78, 5) is 24.0. The van der Waals surface area contributed by atoms with Crippen molar-refractivity contribution in [2.45, 2.75) is 18.8 Å². The molecule has 0 radical (unpaired) electrons. The number of hydrogen-bond acceptors (Lipinski definition) is 6. The van der Waals surface area contributed by atoms with E-state index < -0.39 is 0 Å². The highest BCUT2D eigenvalue weighted by Crippen LogP contribution is 2.39. The quantitative estimate of drug-likeness (QED) is 0.528. The predicted octanol–water partition coefficient (Wildman–Crippen LogP) is 4.01. The third-order valence-electron chi connectivity index (χ3n) is 5.17. The van der Waals surface area contributed by atoms with Gasteiger partial charge in [-0.05, 0) is 24.6 Å². The number of fused-ring (bicyclic) bond motifs is 1. The maximum Gasteiger partial charge on any atom is 0.282 e. The Morgan fingerprint density at radius 1 is 1.04 bits per heavy atom. The first-order valence-corrected chi connectivity index (χ1v) is 10.0. The number of nitrogens with zero attached hydrogens (tertiary/aromatic N) is 4. The first-order valence-electron chi connectivity index (χ1n) is 9.19. The number of carbonyl (C=O) groups is 1. The van der Waals surface area contributed by atoms with E-state index in [2.05, 4.69) is 27.3 Å². The van der Waals surface area contributed by atoms with Gasteiger partial charge in [0.15, 0.2) is 10.8 Å². The van der Waals surface area contributed by atoms with Gasteiger partial charge in [-0.25, -0.2) is 4.98 Å². The van der Waals surface area contributed by atoms with Gasteiger partial charge >= 0.3 is 0 Å². The normalized spacial score (nSPS) is 19.4. The van der Waals surface area contributed by atoms with Gasteiger partial charge in [0.25, 0.3) is 5.91 Å². The molecule has 0 bridgehead atoms. The Hall–Kier alpha value is -3.06. The van der Waals surface area contributed by atoms with Crippen LogP contribution in [-0.4, -0.2) is 39.0 Å². The molecule has 1 fully saturated rings. The Balaban J connectivity index is 1.48. The molecule has 0 N–H and O–H groups in total. The number of aromatic nitrogens is 3. The topological polar surface area (TPSA) is 72.1 Å². The summed E-state index contributed by atoms with van der Waals surface area (Å²) in [6, 6.07) is 18.0. The summed E-state index contributed by atoms with van der Waals surface area (Å²) in [6.45, 7) is 2.95. The lowest BCUT2D eigenvalue weighted by molar-refractivity contribution is 0.0788. The van der Waals surface area contributed by atoms with Crippen molar-refractivity contribution >= 4 is 27.5 Å².